The molecule has 0 unspecified atom stereocenters. The zero-order valence-electron chi connectivity index (χ0n) is 11.5. The first-order valence-electron chi connectivity index (χ1n) is 6.35. The van der Waals surface area contributed by atoms with Gasteiger partial charge in [0.05, 0.1) is 6.54 Å². The number of nitrogens with one attached hydrogen (secondary N) is 1. The lowest BCUT2D eigenvalue weighted by molar-refractivity contribution is 0.237. The number of hydrogen-bond donors (Lipinski definition) is 2. The second kappa shape index (κ2) is 8.39. The molecule has 0 rings (SSSR count). The molecule has 0 spiro atoms. The minimum Gasteiger partial charge on any atom is -0.370 e. The van der Waals surface area contributed by atoms with Crippen LogP contribution >= 0.6 is 0 Å². The minimum absolute atomic E-state index is 0.396. The lowest BCUT2D eigenvalue weighted by atomic mass is 10.2. The summed E-state index contributed by atoms with van der Waals surface area (Å²) in [5.41, 5.74) is 5.80. The van der Waals surface area contributed by atoms with E-state index in [1.165, 1.54) is 0 Å². The third-order valence-corrected chi connectivity index (χ3v) is 2.97. The van der Waals surface area contributed by atoms with Gasteiger partial charge < -0.3 is 11.1 Å². The zero-order chi connectivity index (χ0) is 12.6. The van der Waals surface area contributed by atoms with E-state index in [1.807, 2.05) is 0 Å². The molecule has 0 saturated carbocycles. The van der Waals surface area contributed by atoms with E-state index in [9.17, 15) is 0 Å². The summed E-state index contributed by atoms with van der Waals surface area (Å²) in [7, 11) is 0. The van der Waals surface area contributed by atoms with E-state index in [1.54, 1.807) is 0 Å². The third-order valence-electron chi connectivity index (χ3n) is 2.97. The van der Waals surface area contributed by atoms with Crippen LogP contribution in [0.5, 0.6) is 0 Å². The maximum Gasteiger partial charge on any atom is 0.188 e. The van der Waals surface area contributed by atoms with E-state index in [0.29, 0.717) is 18.0 Å². The molecule has 96 valence electrons. The summed E-state index contributed by atoms with van der Waals surface area (Å²) in [5, 5.41) is 3.17. The van der Waals surface area contributed by atoms with Crippen molar-refractivity contribution in [2.24, 2.45) is 10.7 Å². The number of nitrogens with two attached hydrogens (primary N) is 1. The van der Waals surface area contributed by atoms with Crippen LogP contribution in [-0.2, 0) is 0 Å². The Morgan fingerprint density at radius 2 is 1.81 bits per heavy atom. The zero-order valence-corrected chi connectivity index (χ0v) is 11.5. The molecule has 0 aromatic heterocycles. The van der Waals surface area contributed by atoms with Gasteiger partial charge in [0.2, 0.25) is 0 Å². The standard InChI is InChI=1S/C12H28N4/c1-6-10(4)15-12(13)14-9-11(5)16(7-2)8-3/h10-11H,6-9H2,1-5H3,(H3,13,14,15)/t10-,11-/m1/s1. The first-order valence-corrected chi connectivity index (χ1v) is 6.35. The van der Waals surface area contributed by atoms with Gasteiger partial charge in [0.1, 0.15) is 0 Å². The normalized spacial score (nSPS) is 16.2. The third kappa shape index (κ3) is 5.95. The maximum atomic E-state index is 5.80. The number of aliphatic imine (C=N–C) groups is 1. The van der Waals surface area contributed by atoms with Gasteiger partial charge in [-0.15, -0.1) is 0 Å². The Balaban J connectivity index is 4.04. The van der Waals surface area contributed by atoms with Crippen LogP contribution in [0.2, 0.25) is 0 Å². The van der Waals surface area contributed by atoms with Gasteiger partial charge in [-0.2, -0.15) is 0 Å². The Labute approximate surface area is 100 Å². The van der Waals surface area contributed by atoms with Gasteiger partial charge >= 0.3 is 0 Å². The Morgan fingerprint density at radius 1 is 1.25 bits per heavy atom. The van der Waals surface area contributed by atoms with Crippen LogP contribution in [0.3, 0.4) is 0 Å². The van der Waals surface area contributed by atoms with Crippen molar-refractivity contribution in [3.05, 3.63) is 0 Å². The maximum absolute atomic E-state index is 5.80. The first-order chi connectivity index (χ1) is 7.54. The fourth-order valence-electron chi connectivity index (χ4n) is 1.59. The molecule has 0 saturated heterocycles. The van der Waals surface area contributed by atoms with E-state index in [-0.39, 0.29) is 0 Å². The molecule has 0 amide bonds. The van der Waals surface area contributed by atoms with Crippen molar-refractivity contribution in [1.29, 1.82) is 0 Å². The van der Waals surface area contributed by atoms with Crippen LogP contribution < -0.4 is 11.1 Å². The Hall–Kier alpha value is -0.770. The molecule has 0 aliphatic heterocycles. The highest BCUT2D eigenvalue weighted by atomic mass is 15.2. The molecule has 0 radical (unpaired) electrons. The van der Waals surface area contributed by atoms with Crippen LogP contribution in [0, 0.1) is 0 Å². The van der Waals surface area contributed by atoms with E-state index in [4.69, 9.17) is 5.73 Å². The molecule has 0 fully saturated rings. The van der Waals surface area contributed by atoms with Gasteiger partial charge in [-0.1, -0.05) is 20.8 Å². The topological polar surface area (TPSA) is 53.6 Å². The quantitative estimate of drug-likeness (QED) is 0.512. The van der Waals surface area contributed by atoms with Gasteiger partial charge in [-0.3, -0.25) is 9.89 Å². The number of likely N-dealkylation sites (N-methyl/N-ethyl adjacent to an activating group) is 1. The van der Waals surface area contributed by atoms with E-state index < -0.39 is 0 Å². The van der Waals surface area contributed by atoms with Gasteiger partial charge in [-0.05, 0) is 33.4 Å². The molecule has 0 aliphatic rings. The van der Waals surface area contributed by atoms with E-state index in [0.717, 1.165) is 26.1 Å². The summed E-state index contributed by atoms with van der Waals surface area (Å²) < 4.78 is 0. The first kappa shape index (κ1) is 15.2. The molecule has 0 aromatic carbocycles. The van der Waals surface area contributed by atoms with E-state index >= 15 is 0 Å². The van der Waals surface area contributed by atoms with Crippen LogP contribution in [0.1, 0.15) is 41.0 Å². The second-order valence-corrected chi connectivity index (χ2v) is 4.25. The van der Waals surface area contributed by atoms with Gasteiger partial charge in [0.25, 0.3) is 0 Å². The summed E-state index contributed by atoms with van der Waals surface area (Å²) in [5.74, 6) is 0.563. The van der Waals surface area contributed by atoms with Gasteiger partial charge in [0, 0.05) is 12.1 Å². The number of rotatable bonds is 7. The van der Waals surface area contributed by atoms with Gasteiger partial charge in [-0.25, -0.2) is 0 Å². The summed E-state index contributed by atoms with van der Waals surface area (Å²) in [6.45, 7) is 13.6. The molecule has 16 heavy (non-hydrogen) atoms. The Bertz CT molecular complexity index is 199. The Morgan fingerprint density at radius 3 is 2.25 bits per heavy atom. The van der Waals surface area contributed by atoms with Crippen molar-refractivity contribution in [2.45, 2.75) is 53.1 Å². The molecule has 2 atom stereocenters. The SMILES string of the molecule is CC[C@@H](C)NC(N)=NC[C@@H](C)N(CC)CC. The lowest BCUT2D eigenvalue weighted by Crippen LogP contribution is -2.40. The number of guanidine groups is 1. The predicted octanol–water partition coefficient (Wildman–Crippen LogP) is 1.42. The fourth-order valence-corrected chi connectivity index (χ4v) is 1.59. The van der Waals surface area contributed by atoms with Crippen molar-refractivity contribution >= 4 is 5.96 Å². The monoisotopic (exact) mass is 228 g/mol. The lowest BCUT2D eigenvalue weighted by Gasteiger charge is -2.25. The highest BCUT2D eigenvalue weighted by Gasteiger charge is 2.09. The van der Waals surface area contributed by atoms with Crippen LogP contribution in [-0.4, -0.2) is 42.6 Å². The molecule has 0 bridgehead atoms. The molecule has 0 heterocycles. The molecular formula is C12H28N4. The molecule has 0 aromatic rings. The minimum atomic E-state index is 0.396. The van der Waals surface area contributed by atoms with Crippen LogP contribution in [0.4, 0.5) is 0 Å². The van der Waals surface area contributed by atoms with Crippen molar-refractivity contribution in [1.82, 2.24) is 10.2 Å². The van der Waals surface area contributed by atoms with Crippen molar-refractivity contribution in [2.75, 3.05) is 19.6 Å². The second-order valence-electron chi connectivity index (χ2n) is 4.25. The average Bonchev–Trinajstić information content (AvgIpc) is 2.27. The number of nitrogens with zero attached hydrogens (tertiary/aromatic N) is 2. The molecule has 4 nitrogen and oxygen atoms in total. The largest absolute Gasteiger partial charge is 0.370 e. The highest BCUT2D eigenvalue weighted by Crippen LogP contribution is 1.98. The molecular weight excluding hydrogens is 200 g/mol. The molecule has 4 heteroatoms. The van der Waals surface area contributed by atoms with E-state index in [2.05, 4.69) is 49.8 Å². The summed E-state index contributed by atoms with van der Waals surface area (Å²) >= 11 is 0. The fraction of sp³-hybridized carbons (Fsp3) is 0.917. The van der Waals surface area contributed by atoms with Crippen molar-refractivity contribution in [3.8, 4) is 0 Å². The molecule has 3 N–H and O–H groups in total. The van der Waals surface area contributed by atoms with Gasteiger partial charge in [0.15, 0.2) is 5.96 Å². The smallest absolute Gasteiger partial charge is 0.188 e. The predicted molar refractivity (Wildman–Crippen MR) is 71.8 cm³/mol. The summed E-state index contributed by atoms with van der Waals surface area (Å²) in [6.07, 6.45) is 1.06. The highest BCUT2D eigenvalue weighted by molar-refractivity contribution is 5.78. The van der Waals surface area contributed by atoms with Crippen molar-refractivity contribution < 1.29 is 0 Å². The number of hydrogen-bond acceptors (Lipinski definition) is 2. The average molecular weight is 228 g/mol. The summed E-state index contributed by atoms with van der Waals surface area (Å²) in [4.78, 5) is 6.75. The van der Waals surface area contributed by atoms with Crippen molar-refractivity contribution in [3.63, 3.8) is 0 Å². The van der Waals surface area contributed by atoms with Crippen LogP contribution in [0.25, 0.3) is 0 Å². The Kier molecular flexibility index (Phi) is 7.99. The molecule has 0 aliphatic carbocycles. The van der Waals surface area contributed by atoms with Crippen LogP contribution in [0.15, 0.2) is 4.99 Å². The summed E-state index contributed by atoms with van der Waals surface area (Å²) in [6, 6.07) is 0.847.